The Labute approximate surface area is 115 Å². The van der Waals surface area contributed by atoms with Gasteiger partial charge in [0, 0.05) is 6.04 Å². The molecule has 0 spiro atoms. The lowest BCUT2D eigenvalue weighted by Crippen LogP contribution is -2.20. The van der Waals surface area contributed by atoms with E-state index in [1.54, 1.807) is 30.3 Å². The molecule has 106 valence electrons. The third-order valence-corrected chi connectivity index (χ3v) is 2.72. The Morgan fingerprint density at radius 2 is 1.60 bits per heavy atom. The van der Waals surface area contributed by atoms with E-state index in [0.717, 1.165) is 0 Å². The van der Waals surface area contributed by atoms with Crippen LogP contribution in [0.4, 0.5) is 13.2 Å². The van der Waals surface area contributed by atoms with E-state index in [1.807, 2.05) is 18.2 Å². The minimum Gasteiger partial charge on any atom is -0.457 e. The first-order chi connectivity index (χ1) is 9.44. The van der Waals surface area contributed by atoms with Gasteiger partial charge in [-0.25, -0.2) is 0 Å². The molecule has 0 radical (unpaired) electrons. The van der Waals surface area contributed by atoms with E-state index >= 15 is 0 Å². The number of alkyl halides is 3. The predicted octanol–water partition coefficient (Wildman–Crippen LogP) is 4.43. The third kappa shape index (κ3) is 4.28. The van der Waals surface area contributed by atoms with Crippen LogP contribution in [0, 0.1) is 0 Å². The first-order valence-electron chi connectivity index (χ1n) is 6.09. The lowest BCUT2D eigenvalue weighted by molar-refractivity contribution is -0.138. The predicted molar refractivity (Wildman–Crippen MR) is 70.6 cm³/mol. The Kier molecular flexibility index (Phi) is 4.29. The van der Waals surface area contributed by atoms with Crippen molar-refractivity contribution >= 4 is 0 Å². The summed E-state index contributed by atoms with van der Waals surface area (Å²) in [4.78, 5) is 0. The monoisotopic (exact) mass is 281 g/mol. The molecule has 2 aromatic rings. The average molecular weight is 281 g/mol. The van der Waals surface area contributed by atoms with Gasteiger partial charge in [-0.05, 0) is 29.8 Å². The van der Waals surface area contributed by atoms with Crippen molar-refractivity contribution in [3.8, 4) is 11.5 Å². The van der Waals surface area contributed by atoms with Crippen LogP contribution in [0.1, 0.15) is 18.0 Å². The van der Waals surface area contributed by atoms with Crippen molar-refractivity contribution in [2.24, 2.45) is 5.73 Å². The van der Waals surface area contributed by atoms with Crippen LogP contribution >= 0.6 is 0 Å². The molecule has 0 aliphatic heterocycles. The zero-order chi connectivity index (χ0) is 14.6. The Morgan fingerprint density at radius 3 is 2.25 bits per heavy atom. The average Bonchev–Trinajstić information content (AvgIpc) is 2.38. The molecule has 2 N–H and O–H groups in total. The topological polar surface area (TPSA) is 35.2 Å². The number of para-hydroxylation sites is 1. The van der Waals surface area contributed by atoms with Gasteiger partial charge in [0.1, 0.15) is 11.5 Å². The molecule has 20 heavy (non-hydrogen) atoms. The molecule has 0 aliphatic rings. The van der Waals surface area contributed by atoms with Gasteiger partial charge in [0.25, 0.3) is 0 Å². The van der Waals surface area contributed by atoms with Crippen molar-refractivity contribution in [1.29, 1.82) is 0 Å². The van der Waals surface area contributed by atoms with Crippen LogP contribution in [0.3, 0.4) is 0 Å². The molecule has 0 unspecified atom stereocenters. The molecule has 0 bridgehead atoms. The summed E-state index contributed by atoms with van der Waals surface area (Å²) in [6.07, 6.45) is -5.34. The summed E-state index contributed by atoms with van der Waals surface area (Å²) in [5.41, 5.74) is 5.97. The molecule has 5 heteroatoms. The van der Waals surface area contributed by atoms with Crippen LogP contribution in [0.2, 0.25) is 0 Å². The Hall–Kier alpha value is -2.01. The minimum atomic E-state index is -4.28. The second-order valence-electron chi connectivity index (χ2n) is 4.41. The van der Waals surface area contributed by atoms with Gasteiger partial charge in [0.15, 0.2) is 0 Å². The van der Waals surface area contributed by atoms with Gasteiger partial charge in [0.2, 0.25) is 0 Å². The molecular formula is C15H14F3NO. The molecule has 1 atom stereocenters. The summed E-state index contributed by atoms with van der Waals surface area (Å²) < 4.78 is 42.5. The smallest absolute Gasteiger partial charge is 0.390 e. The standard InChI is InChI=1S/C15H14F3NO/c16-15(17,18)10-14(19)11-5-4-8-13(9-11)20-12-6-2-1-3-7-12/h1-9,14H,10,19H2/t14-/m0/s1. The lowest BCUT2D eigenvalue weighted by Gasteiger charge is -2.15. The Morgan fingerprint density at radius 1 is 0.950 bits per heavy atom. The van der Waals surface area contributed by atoms with Crippen LogP contribution in [0.5, 0.6) is 11.5 Å². The van der Waals surface area contributed by atoms with Crippen molar-refractivity contribution in [2.45, 2.75) is 18.6 Å². The lowest BCUT2D eigenvalue weighted by atomic mass is 10.0. The second-order valence-corrected chi connectivity index (χ2v) is 4.41. The van der Waals surface area contributed by atoms with Crippen molar-refractivity contribution in [1.82, 2.24) is 0 Å². The first kappa shape index (κ1) is 14.4. The molecule has 0 heterocycles. The zero-order valence-electron chi connectivity index (χ0n) is 10.6. The molecule has 0 fully saturated rings. The summed E-state index contributed by atoms with van der Waals surface area (Å²) in [6, 6.07) is 14.3. The third-order valence-electron chi connectivity index (χ3n) is 2.72. The maximum absolute atomic E-state index is 12.3. The van der Waals surface area contributed by atoms with Gasteiger partial charge in [0.05, 0.1) is 6.42 Å². The van der Waals surface area contributed by atoms with E-state index in [4.69, 9.17) is 10.5 Å². The number of rotatable bonds is 4. The molecule has 0 aliphatic carbocycles. The highest BCUT2D eigenvalue weighted by Gasteiger charge is 2.30. The number of benzene rings is 2. The number of hydrogen-bond donors (Lipinski definition) is 1. The van der Waals surface area contributed by atoms with Gasteiger partial charge in [-0.2, -0.15) is 13.2 Å². The van der Waals surface area contributed by atoms with Crippen LogP contribution in [0.25, 0.3) is 0 Å². The molecule has 0 saturated carbocycles. The minimum absolute atomic E-state index is 0.399. The van der Waals surface area contributed by atoms with Crippen LogP contribution in [-0.2, 0) is 0 Å². The highest BCUT2D eigenvalue weighted by atomic mass is 19.4. The molecule has 2 aromatic carbocycles. The molecule has 0 saturated heterocycles. The molecule has 2 nitrogen and oxygen atoms in total. The van der Waals surface area contributed by atoms with E-state index in [9.17, 15) is 13.2 Å². The number of hydrogen-bond acceptors (Lipinski definition) is 2. The summed E-state index contributed by atoms with van der Waals surface area (Å²) in [5, 5.41) is 0. The van der Waals surface area contributed by atoms with Crippen molar-refractivity contribution in [3.63, 3.8) is 0 Å². The molecule has 0 aromatic heterocycles. The van der Waals surface area contributed by atoms with Gasteiger partial charge in [-0.1, -0.05) is 30.3 Å². The van der Waals surface area contributed by atoms with E-state index in [2.05, 4.69) is 0 Å². The fraction of sp³-hybridized carbons (Fsp3) is 0.200. The fourth-order valence-corrected chi connectivity index (χ4v) is 1.80. The first-order valence-corrected chi connectivity index (χ1v) is 6.09. The summed E-state index contributed by atoms with van der Waals surface area (Å²) in [5.74, 6) is 1.08. The van der Waals surface area contributed by atoms with Gasteiger partial charge < -0.3 is 10.5 Å². The van der Waals surface area contributed by atoms with Gasteiger partial charge in [-0.3, -0.25) is 0 Å². The molecule has 0 amide bonds. The summed E-state index contributed by atoms with van der Waals surface area (Å²) in [7, 11) is 0. The number of nitrogens with two attached hydrogens (primary N) is 1. The Balaban J connectivity index is 2.12. The summed E-state index contributed by atoms with van der Waals surface area (Å²) in [6.45, 7) is 0. The van der Waals surface area contributed by atoms with Crippen LogP contribution in [0.15, 0.2) is 54.6 Å². The van der Waals surface area contributed by atoms with Gasteiger partial charge >= 0.3 is 6.18 Å². The number of halogens is 3. The molecular weight excluding hydrogens is 267 g/mol. The highest BCUT2D eigenvalue weighted by Crippen LogP contribution is 2.30. The van der Waals surface area contributed by atoms with Crippen LogP contribution in [-0.4, -0.2) is 6.18 Å². The van der Waals surface area contributed by atoms with E-state index in [0.29, 0.717) is 17.1 Å². The largest absolute Gasteiger partial charge is 0.457 e. The van der Waals surface area contributed by atoms with Crippen molar-refractivity contribution in [3.05, 3.63) is 60.2 Å². The fourth-order valence-electron chi connectivity index (χ4n) is 1.80. The Bertz CT molecular complexity index is 555. The van der Waals surface area contributed by atoms with E-state index < -0.39 is 18.6 Å². The quantitative estimate of drug-likeness (QED) is 0.899. The SMILES string of the molecule is N[C@@H](CC(F)(F)F)c1cccc(Oc2ccccc2)c1. The maximum atomic E-state index is 12.3. The molecule has 2 rings (SSSR count). The van der Waals surface area contributed by atoms with Crippen molar-refractivity contribution in [2.75, 3.05) is 0 Å². The number of ether oxygens (including phenoxy) is 1. The van der Waals surface area contributed by atoms with Crippen molar-refractivity contribution < 1.29 is 17.9 Å². The normalized spacial score (nSPS) is 13.0. The summed E-state index contributed by atoms with van der Waals surface area (Å²) >= 11 is 0. The van der Waals surface area contributed by atoms with Crippen LogP contribution < -0.4 is 10.5 Å². The highest BCUT2D eigenvalue weighted by molar-refractivity contribution is 5.35. The van der Waals surface area contributed by atoms with E-state index in [-0.39, 0.29) is 0 Å². The maximum Gasteiger partial charge on any atom is 0.390 e. The van der Waals surface area contributed by atoms with Gasteiger partial charge in [-0.15, -0.1) is 0 Å². The second kappa shape index (κ2) is 5.96. The van der Waals surface area contributed by atoms with E-state index in [1.165, 1.54) is 6.07 Å². The zero-order valence-corrected chi connectivity index (χ0v) is 10.6.